The fourth-order valence-electron chi connectivity index (χ4n) is 2.29. The lowest BCUT2D eigenvalue weighted by Gasteiger charge is -2.16. The smallest absolute Gasteiger partial charge is 0.272 e. The summed E-state index contributed by atoms with van der Waals surface area (Å²) in [6, 6.07) is 6.35. The molecule has 4 N–H and O–H groups in total. The van der Waals surface area contributed by atoms with Gasteiger partial charge in [-0.05, 0) is 58.8 Å². The van der Waals surface area contributed by atoms with Gasteiger partial charge in [-0.1, -0.05) is 23.2 Å². The van der Waals surface area contributed by atoms with Crippen molar-refractivity contribution in [3.63, 3.8) is 0 Å². The summed E-state index contributed by atoms with van der Waals surface area (Å²) < 4.78 is -0.0449. The van der Waals surface area contributed by atoms with Gasteiger partial charge in [-0.15, -0.1) is 0 Å². The number of anilines is 2. The normalized spacial score (nSPS) is 11.0. The van der Waals surface area contributed by atoms with E-state index in [9.17, 15) is 9.59 Å². The molecule has 2 amide bonds. The zero-order chi connectivity index (χ0) is 20.8. The number of nitrogens with zero attached hydrogens (tertiary/aromatic N) is 1. The maximum absolute atomic E-state index is 12.9. The van der Waals surface area contributed by atoms with Crippen molar-refractivity contribution in [2.24, 2.45) is 0 Å². The molecule has 1 aromatic carbocycles. The van der Waals surface area contributed by atoms with Gasteiger partial charge in [-0.25, -0.2) is 4.98 Å². The first kappa shape index (κ1) is 21.9. The molecule has 10 heteroatoms. The molecule has 0 aliphatic heterocycles. The number of rotatable bonds is 6. The third-order valence-corrected chi connectivity index (χ3v) is 4.29. The quantitative estimate of drug-likeness (QED) is 0.360. The summed E-state index contributed by atoms with van der Waals surface area (Å²) >= 11 is 15.1. The summed E-state index contributed by atoms with van der Waals surface area (Å²) in [5.41, 5.74) is 1.11. The fourth-order valence-corrected chi connectivity index (χ4v) is 2.96. The molecule has 0 aliphatic rings. The third kappa shape index (κ3) is 5.54. The summed E-state index contributed by atoms with van der Waals surface area (Å²) in [7, 11) is 1.48. The average molecular weight is 485 g/mol. The number of hydrogen-bond donors (Lipinski definition) is 4. The molecule has 0 fully saturated rings. The summed E-state index contributed by atoms with van der Waals surface area (Å²) in [5.74, 6) is -0.749. The van der Waals surface area contributed by atoms with Crippen molar-refractivity contribution in [2.45, 2.75) is 6.92 Å². The number of halogens is 3. The van der Waals surface area contributed by atoms with E-state index in [-0.39, 0.29) is 21.7 Å². The van der Waals surface area contributed by atoms with Gasteiger partial charge >= 0.3 is 0 Å². The number of allylic oxidation sites excluding steroid dienone is 1. The number of benzene rings is 1. The minimum atomic E-state index is -0.596. The van der Waals surface area contributed by atoms with Crippen molar-refractivity contribution in [3.8, 4) is 0 Å². The molecular weight excluding hydrogens is 469 g/mol. The molecule has 0 atom stereocenters. The van der Waals surface area contributed by atoms with Crippen molar-refractivity contribution in [1.82, 2.24) is 10.3 Å². The van der Waals surface area contributed by atoms with Crippen LogP contribution in [0.3, 0.4) is 0 Å². The standard InChI is InChI=1S/C18H16BrCl2N5O2/c1-9-6-10(20)7-11(17(27)23-2)15(9)26-18(28)13(8-14(19)22)25-16-12(21)4-3-5-24-16/h3-8,22H,1-2H3,(H,23,27)(H,24,25)(H,26,28)/b13-8-,22-14?. The average Bonchev–Trinajstić information content (AvgIpc) is 2.63. The van der Waals surface area contributed by atoms with E-state index in [1.165, 1.54) is 25.4 Å². The lowest BCUT2D eigenvalue weighted by molar-refractivity contribution is -0.112. The van der Waals surface area contributed by atoms with Crippen LogP contribution < -0.4 is 16.0 Å². The Morgan fingerprint density at radius 1 is 1.25 bits per heavy atom. The molecule has 2 rings (SSSR count). The van der Waals surface area contributed by atoms with Crippen molar-refractivity contribution < 1.29 is 9.59 Å². The molecule has 0 bridgehead atoms. The summed E-state index contributed by atoms with van der Waals surface area (Å²) in [4.78, 5) is 29.1. The van der Waals surface area contributed by atoms with E-state index < -0.39 is 11.8 Å². The Hall–Kier alpha value is -2.42. The SMILES string of the molecule is CNC(=O)c1cc(Cl)cc(C)c1NC(=O)/C(=C/C(=N)Br)Nc1ncccc1Cl. The third-order valence-electron chi connectivity index (χ3n) is 3.54. The van der Waals surface area contributed by atoms with Crippen LogP contribution in [0.5, 0.6) is 0 Å². The Morgan fingerprint density at radius 3 is 2.57 bits per heavy atom. The van der Waals surface area contributed by atoms with Crippen LogP contribution in [0.4, 0.5) is 11.5 Å². The van der Waals surface area contributed by atoms with Gasteiger partial charge in [-0.2, -0.15) is 0 Å². The summed E-state index contributed by atoms with van der Waals surface area (Å²) in [5, 5.41) is 16.3. The predicted octanol–water partition coefficient (Wildman–Crippen LogP) is 4.36. The van der Waals surface area contributed by atoms with Gasteiger partial charge in [0.15, 0.2) is 0 Å². The first-order valence-electron chi connectivity index (χ1n) is 7.89. The molecule has 0 saturated heterocycles. The first-order chi connectivity index (χ1) is 13.2. The van der Waals surface area contributed by atoms with Crippen LogP contribution in [0.2, 0.25) is 10.0 Å². The Bertz CT molecular complexity index is 978. The van der Waals surface area contributed by atoms with Gasteiger partial charge in [0.05, 0.1) is 20.9 Å². The number of carbonyl (C=O) groups excluding carboxylic acids is 2. The Kier molecular flexibility index (Phi) is 7.56. The minimum absolute atomic E-state index is 0.000295. The number of nitrogens with one attached hydrogen (secondary N) is 4. The highest BCUT2D eigenvalue weighted by atomic mass is 79.9. The van der Waals surface area contributed by atoms with Crippen LogP contribution in [0.15, 0.2) is 42.2 Å². The highest BCUT2D eigenvalue weighted by Crippen LogP contribution is 2.27. The molecule has 146 valence electrons. The van der Waals surface area contributed by atoms with Gasteiger partial charge in [-0.3, -0.25) is 15.0 Å². The van der Waals surface area contributed by atoms with Crippen molar-refractivity contribution >= 4 is 67.1 Å². The number of aromatic nitrogens is 1. The summed E-state index contributed by atoms with van der Waals surface area (Å²) in [6.45, 7) is 1.72. The molecule has 7 nitrogen and oxygen atoms in total. The molecule has 0 aliphatic carbocycles. The molecule has 1 aromatic heterocycles. The molecular formula is C18H16BrCl2N5O2. The number of hydrogen-bond acceptors (Lipinski definition) is 5. The van der Waals surface area contributed by atoms with E-state index in [1.54, 1.807) is 25.1 Å². The fraction of sp³-hybridized carbons (Fsp3) is 0.111. The van der Waals surface area contributed by atoms with Crippen LogP contribution >= 0.6 is 39.1 Å². The molecule has 0 radical (unpaired) electrons. The Labute approximate surface area is 180 Å². The lowest BCUT2D eigenvalue weighted by Crippen LogP contribution is -2.25. The van der Waals surface area contributed by atoms with E-state index in [0.717, 1.165) is 0 Å². The molecule has 0 spiro atoms. The van der Waals surface area contributed by atoms with Crippen LogP contribution in [0, 0.1) is 12.3 Å². The van der Waals surface area contributed by atoms with Gasteiger partial charge in [0.2, 0.25) is 0 Å². The number of carbonyl (C=O) groups is 2. The van der Waals surface area contributed by atoms with Crippen LogP contribution in [0.25, 0.3) is 0 Å². The summed E-state index contributed by atoms with van der Waals surface area (Å²) in [6.07, 6.45) is 2.77. The molecule has 0 saturated carbocycles. The van der Waals surface area contributed by atoms with Crippen molar-refractivity contribution in [1.29, 1.82) is 5.41 Å². The molecule has 0 unspecified atom stereocenters. The van der Waals surface area contributed by atoms with Gasteiger partial charge in [0.1, 0.15) is 11.5 Å². The highest BCUT2D eigenvalue weighted by molar-refractivity contribution is 9.18. The van der Waals surface area contributed by atoms with Gasteiger partial charge < -0.3 is 16.0 Å². The van der Waals surface area contributed by atoms with E-state index in [4.69, 9.17) is 28.6 Å². The first-order valence-corrected chi connectivity index (χ1v) is 9.44. The monoisotopic (exact) mass is 483 g/mol. The minimum Gasteiger partial charge on any atom is -0.355 e. The molecule has 28 heavy (non-hydrogen) atoms. The number of amides is 2. The van der Waals surface area contributed by atoms with Gasteiger partial charge in [0, 0.05) is 18.3 Å². The lowest BCUT2D eigenvalue weighted by atomic mass is 10.1. The van der Waals surface area contributed by atoms with Crippen molar-refractivity contribution in [2.75, 3.05) is 17.7 Å². The van der Waals surface area contributed by atoms with Crippen LogP contribution in [-0.4, -0.2) is 28.5 Å². The zero-order valence-electron chi connectivity index (χ0n) is 14.9. The molecule has 1 heterocycles. The Balaban J connectivity index is 2.41. The van der Waals surface area contributed by atoms with Gasteiger partial charge in [0.25, 0.3) is 11.8 Å². The predicted molar refractivity (Wildman–Crippen MR) is 116 cm³/mol. The van der Waals surface area contributed by atoms with E-state index in [0.29, 0.717) is 21.3 Å². The largest absolute Gasteiger partial charge is 0.355 e. The highest BCUT2D eigenvalue weighted by Gasteiger charge is 2.19. The Morgan fingerprint density at radius 2 is 1.96 bits per heavy atom. The van der Waals surface area contributed by atoms with Crippen molar-refractivity contribution in [3.05, 3.63) is 63.4 Å². The molecule has 2 aromatic rings. The van der Waals surface area contributed by atoms with E-state index in [1.807, 2.05) is 0 Å². The number of pyridine rings is 1. The van der Waals surface area contributed by atoms with E-state index >= 15 is 0 Å². The second-order valence-electron chi connectivity index (χ2n) is 5.54. The zero-order valence-corrected chi connectivity index (χ0v) is 18.0. The van der Waals surface area contributed by atoms with Crippen LogP contribution in [-0.2, 0) is 4.79 Å². The number of aryl methyl sites for hydroxylation is 1. The van der Waals surface area contributed by atoms with Crippen LogP contribution in [0.1, 0.15) is 15.9 Å². The van der Waals surface area contributed by atoms with E-state index in [2.05, 4.69) is 36.9 Å². The second-order valence-corrected chi connectivity index (χ2v) is 7.24. The second kappa shape index (κ2) is 9.68. The maximum atomic E-state index is 12.9. The topological polar surface area (TPSA) is 107 Å². The maximum Gasteiger partial charge on any atom is 0.272 e.